The van der Waals surface area contributed by atoms with E-state index < -0.39 is 15.8 Å². The molecule has 0 bridgehead atoms. The topological polar surface area (TPSA) is 72.6 Å². The van der Waals surface area contributed by atoms with Gasteiger partial charge in [0.2, 0.25) is 10.0 Å². The molecule has 0 amide bonds. The minimum absolute atomic E-state index is 0.200. The van der Waals surface area contributed by atoms with Gasteiger partial charge in [-0.25, -0.2) is 12.8 Å². The molecule has 0 aliphatic carbocycles. The van der Waals surface area contributed by atoms with Gasteiger partial charge in [-0.1, -0.05) is 0 Å². The van der Waals surface area contributed by atoms with Gasteiger partial charge in [-0.05, 0) is 31.5 Å². The Morgan fingerprint density at radius 1 is 1.47 bits per heavy atom. The third kappa shape index (κ3) is 2.72. The van der Waals surface area contributed by atoms with Crippen molar-refractivity contribution in [3.8, 4) is 0 Å². The number of nitrogens with zero attached hydrogens (tertiary/aromatic N) is 1. The lowest BCUT2D eigenvalue weighted by Gasteiger charge is -2.30. The average molecular weight is 288 g/mol. The van der Waals surface area contributed by atoms with Crippen LogP contribution in [0.4, 0.5) is 10.1 Å². The lowest BCUT2D eigenvalue weighted by molar-refractivity contribution is 0.0101. The molecule has 19 heavy (non-hydrogen) atoms. The zero-order valence-corrected chi connectivity index (χ0v) is 11.7. The molecule has 1 aliphatic rings. The molecule has 106 valence electrons. The Balaban J connectivity index is 2.42. The highest BCUT2D eigenvalue weighted by atomic mass is 32.2. The molecule has 2 rings (SSSR count). The second-order valence-electron chi connectivity index (χ2n) is 4.68. The van der Waals surface area contributed by atoms with Gasteiger partial charge in [0.05, 0.1) is 12.7 Å². The Morgan fingerprint density at radius 3 is 2.79 bits per heavy atom. The molecule has 7 heteroatoms. The smallest absolute Gasteiger partial charge is 0.246 e. The Morgan fingerprint density at radius 2 is 2.16 bits per heavy atom. The van der Waals surface area contributed by atoms with Crippen LogP contribution in [0.2, 0.25) is 0 Å². The lowest BCUT2D eigenvalue weighted by atomic mass is 10.2. The molecule has 0 radical (unpaired) electrons. The quantitative estimate of drug-likeness (QED) is 0.828. The van der Waals surface area contributed by atoms with Gasteiger partial charge in [-0.15, -0.1) is 0 Å². The number of halogens is 1. The van der Waals surface area contributed by atoms with Crippen molar-refractivity contribution in [3.63, 3.8) is 0 Å². The van der Waals surface area contributed by atoms with E-state index in [1.54, 1.807) is 13.8 Å². The SMILES string of the molecule is Cc1cc(F)c(S(=O)(=O)N2CCOC(C)C2)cc1N. The standard InChI is InChI=1S/C12H17FN2O3S/c1-8-5-10(13)12(6-11(8)14)19(16,17)15-3-4-18-9(2)7-15/h5-6,9H,3-4,7,14H2,1-2H3. The summed E-state index contributed by atoms with van der Waals surface area (Å²) in [4.78, 5) is -0.371. The second-order valence-corrected chi connectivity index (χ2v) is 6.59. The van der Waals surface area contributed by atoms with E-state index >= 15 is 0 Å². The van der Waals surface area contributed by atoms with E-state index in [4.69, 9.17) is 10.5 Å². The minimum atomic E-state index is -3.87. The number of nitrogen functional groups attached to an aromatic ring is 1. The summed E-state index contributed by atoms with van der Waals surface area (Å²) < 4.78 is 45.2. The number of morpholine rings is 1. The van der Waals surface area contributed by atoms with Gasteiger partial charge in [0, 0.05) is 18.8 Å². The van der Waals surface area contributed by atoms with Gasteiger partial charge in [-0.2, -0.15) is 4.31 Å². The monoisotopic (exact) mass is 288 g/mol. The number of sulfonamides is 1. The van der Waals surface area contributed by atoms with Crippen molar-refractivity contribution >= 4 is 15.7 Å². The van der Waals surface area contributed by atoms with Crippen LogP contribution in [-0.4, -0.2) is 38.5 Å². The first kappa shape index (κ1) is 14.2. The molecule has 0 spiro atoms. The van der Waals surface area contributed by atoms with Crippen LogP contribution < -0.4 is 5.73 Å². The summed E-state index contributed by atoms with van der Waals surface area (Å²) in [5.41, 5.74) is 6.45. The lowest BCUT2D eigenvalue weighted by Crippen LogP contribution is -2.44. The first-order chi connectivity index (χ1) is 8.82. The number of nitrogens with two attached hydrogens (primary N) is 1. The van der Waals surface area contributed by atoms with Crippen LogP contribution in [0.15, 0.2) is 17.0 Å². The first-order valence-corrected chi connectivity index (χ1v) is 7.43. The maximum absolute atomic E-state index is 13.9. The third-order valence-corrected chi connectivity index (χ3v) is 5.02. The van der Waals surface area contributed by atoms with Crippen LogP contribution in [0.1, 0.15) is 12.5 Å². The van der Waals surface area contributed by atoms with Crippen LogP contribution in [0.25, 0.3) is 0 Å². The number of benzene rings is 1. The van der Waals surface area contributed by atoms with Crippen LogP contribution in [0.5, 0.6) is 0 Å². The first-order valence-electron chi connectivity index (χ1n) is 5.99. The fourth-order valence-electron chi connectivity index (χ4n) is 2.01. The number of hydrogen-bond acceptors (Lipinski definition) is 4. The molecular formula is C12H17FN2O3S. The zero-order chi connectivity index (χ0) is 14.2. The molecule has 1 heterocycles. The zero-order valence-electron chi connectivity index (χ0n) is 10.9. The summed E-state index contributed by atoms with van der Waals surface area (Å²) in [6.45, 7) is 4.16. The minimum Gasteiger partial charge on any atom is -0.398 e. The van der Waals surface area contributed by atoms with Crippen molar-refractivity contribution in [2.24, 2.45) is 0 Å². The van der Waals surface area contributed by atoms with E-state index in [9.17, 15) is 12.8 Å². The molecule has 1 atom stereocenters. The fraction of sp³-hybridized carbons (Fsp3) is 0.500. The van der Waals surface area contributed by atoms with Crippen LogP contribution in [0.3, 0.4) is 0 Å². The number of anilines is 1. The van der Waals surface area contributed by atoms with Crippen molar-refractivity contribution in [3.05, 3.63) is 23.5 Å². The number of ether oxygens (including phenoxy) is 1. The molecule has 1 saturated heterocycles. The van der Waals surface area contributed by atoms with Gasteiger partial charge in [0.25, 0.3) is 0 Å². The largest absolute Gasteiger partial charge is 0.398 e. The predicted octanol–water partition coefficient (Wildman–Crippen LogP) is 1.13. The molecule has 1 aromatic carbocycles. The normalized spacial score (nSPS) is 21.5. The fourth-order valence-corrected chi connectivity index (χ4v) is 3.59. The summed E-state index contributed by atoms with van der Waals surface area (Å²) in [6.07, 6.45) is -0.200. The van der Waals surface area contributed by atoms with Gasteiger partial charge in [0.15, 0.2) is 0 Å². The Kier molecular flexibility index (Phi) is 3.80. The summed E-state index contributed by atoms with van der Waals surface area (Å²) in [6, 6.07) is 2.33. The van der Waals surface area contributed by atoms with Crippen LogP contribution in [-0.2, 0) is 14.8 Å². The van der Waals surface area contributed by atoms with Crippen molar-refractivity contribution < 1.29 is 17.5 Å². The van der Waals surface area contributed by atoms with Crippen LogP contribution in [0, 0.1) is 12.7 Å². The van der Waals surface area contributed by atoms with Gasteiger partial charge < -0.3 is 10.5 Å². The van der Waals surface area contributed by atoms with E-state index in [0.29, 0.717) is 12.2 Å². The molecule has 1 fully saturated rings. The molecule has 0 aromatic heterocycles. The van der Waals surface area contributed by atoms with Crippen molar-refractivity contribution in [2.75, 3.05) is 25.4 Å². The number of rotatable bonds is 2. The van der Waals surface area contributed by atoms with Crippen molar-refractivity contribution in [2.45, 2.75) is 24.8 Å². The molecule has 1 aliphatic heterocycles. The Hall–Kier alpha value is -1.18. The number of hydrogen-bond donors (Lipinski definition) is 1. The van der Waals surface area contributed by atoms with E-state index in [2.05, 4.69) is 0 Å². The highest BCUT2D eigenvalue weighted by Crippen LogP contribution is 2.25. The van der Waals surface area contributed by atoms with Gasteiger partial charge in [-0.3, -0.25) is 0 Å². The molecule has 5 nitrogen and oxygen atoms in total. The second kappa shape index (κ2) is 5.07. The highest BCUT2D eigenvalue weighted by molar-refractivity contribution is 7.89. The Bertz CT molecular complexity index is 589. The Labute approximate surface area is 112 Å². The maximum atomic E-state index is 13.9. The molecular weight excluding hydrogens is 271 g/mol. The van der Waals surface area contributed by atoms with E-state index in [1.165, 1.54) is 10.4 Å². The van der Waals surface area contributed by atoms with Gasteiger partial charge in [0.1, 0.15) is 10.7 Å². The summed E-state index contributed by atoms with van der Waals surface area (Å²) >= 11 is 0. The molecule has 1 aromatic rings. The highest BCUT2D eigenvalue weighted by Gasteiger charge is 2.31. The van der Waals surface area contributed by atoms with Gasteiger partial charge >= 0.3 is 0 Å². The molecule has 1 unspecified atom stereocenters. The van der Waals surface area contributed by atoms with E-state index in [0.717, 1.165) is 6.07 Å². The summed E-state index contributed by atoms with van der Waals surface area (Å²) in [5.74, 6) is -0.772. The average Bonchev–Trinajstić information content (AvgIpc) is 2.33. The summed E-state index contributed by atoms with van der Waals surface area (Å²) in [7, 11) is -3.87. The molecule has 0 saturated carbocycles. The maximum Gasteiger partial charge on any atom is 0.246 e. The predicted molar refractivity (Wildman–Crippen MR) is 69.7 cm³/mol. The van der Waals surface area contributed by atoms with Crippen LogP contribution >= 0.6 is 0 Å². The van der Waals surface area contributed by atoms with Crippen molar-refractivity contribution in [1.82, 2.24) is 4.31 Å². The third-order valence-electron chi connectivity index (χ3n) is 3.14. The van der Waals surface area contributed by atoms with E-state index in [1.807, 2.05) is 0 Å². The van der Waals surface area contributed by atoms with E-state index in [-0.39, 0.29) is 29.8 Å². The van der Waals surface area contributed by atoms with Crippen molar-refractivity contribution in [1.29, 1.82) is 0 Å². The number of aryl methyl sites for hydroxylation is 1. The molecule has 2 N–H and O–H groups in total. The summed E-state index contributed by atoms with van der Waals surface area (Å²) in [5, 5.41) is 0.